The van der Waals surface area contributed by atoms with Gasteiger partial charge in [0.2, 0.25) is 5.91 Å². The molecule has 1 atom stereocenters. The van der Waals surface area contributed by atoms with E-state index in [0.717, 1.165) is 37.0 Å². The predicted octanol–water partition coefficient (Wildman–Crippen LogP) is 2.36. The minimum Gasteiger partial charge on any atom is -0.496 e. The molecule has 0 aliphatic heterocycles. The Morgan fingerprint density at radius 1 is 1.43 bits per heavy atom. The van der Waals surface area contributed by atoms with Crippen LogP contribution in [-0.4, -0.2) is 36.5 Å². The Morgan fingerprint density at radius 2 is 2.10 bits per heavy atom. The van der Waals surface area contributed by atoms with Gasteiger partial charge in [-0.2, -0.15) is 0 Å². The quantitative estimate of drug-likeness (QED) is 0.875. The number of rotatable bonds is 6. The van der Waals surface area contributed by atoms with Crippen molar-refractivity contribution in [3.63, 3.8) is 0 Å². The number of carbonyl (C=O) groups excluding carboxylic acids is 1. The van der Waals surface area contributed by atoms with E-state index in [0.29, 0.717) is 6.42 Å². The van der Waals surface area contributed by atoms with Crippen LogP contribution in [0.25, 0.3) is 0 Å². The first-order valence-corrected chi connectivity index (χ1v) is 7.61. The number of nitrogens with two attached hydrogens (primary N) is 1. The molecule has 21 heavy (non-hydrogen) atoms. The summed E-state index contributed by atoms with van der Waals surface area (Å²) in [5.74, 6) is 1.01. The van der Waals surface area contributed by atoms with Crippen LogP contribution in [0.4, 0.5) is 0 Å². The van der Waals surface area contributed by atoms with Gasteiger partial charge in [0.1, 0.15) is 5.75 Å². The minimum atomic E-state index is -0.254. The van der Waals surface area contributed by atoms with E-state index in [9.17, 15) is 4.79 Å². The summed E-state index contributed by atoms with van der Waals surface area (Å²) in [6, 6.07) is 8.07. The summed E-state index contributed by atoms with van der Waals surface area (Å²) in [6.45, 7) is 2.06. The van der Waals surface area contributed by atoms with Crippen LogP contribution in [0.3, 0.4) is 0 Å². The van der Waals surface area contributed by atoms with Crippen molar-refractivity contribution in [3.05, 3.63) is 29.8 Å². The molecule has 1 aliphatic rings. The van der Waals surface area contributed by atoms with E-state index in [2.05, 4.69) is 6.92 Å². The van der Waals surface area contributed by atoms with Gasteiger partial charge in [-0.25, -0.2) is 0 Å². The zero-order valence-corrected chi connectivity index (χ0v) is 13.3. The minimum absolute atomic E-state index is 0.123. The van der Waals surface area contributed by atoms with Crippen molar-refractivity contribution in [1.82, 2.24) is 4.90 Å². The molecule has 4 heteroatoms. The molecule has 2 N–H and O–H groups in total. The summed E-state index contributed by atoms with van der Waals surface area (Å²) in [4.78, 5) is 14.2. The van der Waals surface area contributed by atoms with Gasteiger partial charge in [-0.05, 0) is 44.2 Å². The summed E-state index contributed by atoms with van der Waals surface area (Å²) < 4.78 is 5.37. The molecular weight excluding hydrogens is 264 g/mol. The summed E-state index contributed by atoms with van der Waals surface area (Å²) in [5, 5.41) is 0. The lowest BCUT2D eigenvalue weighted by Gasteiger charge is -2.39. The van der Waals surface area contributed by atoms with Gasteiger partial charge < -0.3 is 15.4 Å². The lowest BCUT2D eigenvalue weighted by Crippen LogP contribution is -2.51. The summed E-state index contributed by atoms with van der Waals surface area (Å²) in [7, 11) is 3.54. The Balaban J connectivity index is 1.95. The number of ether oxygens (including phenoxy) is 1. The van der Waals surface area contributed by atoms with Crippen molar-refractivity contribution in [2.45, 2.75) is 50.6 Å². The molecule has 0 heterocycles. The highest BCUT2D eigenvalue weighted by atomic mass is 16.5. The number of amides is 1. The van der Waals surface area contributed by atoms with E-state index in [1.54, 1.807) is 7.11 Å². The zero-order valence-electron chi connectivity index (χ0n) is 13.3. The molecule has 0 saturated heterocycles. The average molecular weight is 290 g/mol. The van der Waals surface area contributed by atoms with Crippen LogP contribution in [0.1, 0.15) is 38.2 Å². The van der Waals surface area contributed by atoms with Crippen molar-refractivity contribution in [2.75, 3.05) is 14.2 Å². The molecule has 1 aromatic rings. The molecule has 1 fully saturated rings. The highest BCUT2D eigenvalue weighted by Crippen LogP contribution is 2.32. The third-order valence-corrected chi connectivity index (χ3v) is 4.62. The van der Waals surface area contributed by atoms with Gasteiger partial charge in [-0.3, -0.25) is 4.79 Å². The van der Waals surface area contributed by atoms with Gasteiger partial charge in [-0.15, -0.1) is 0 Å². The topological polar surface area (TPSA) is 55.6 Å². The van der Waals surface area contributed by atoms with Crippen molar-refractivity contribution < 1.29 is 9.53 Å². The lowest BCUT2D eigenvalue weighted by molar-refractivity contribution is -0.133. The molecule has 0 bridgehead atoms. The van der Waals surface area contributed by atoms with Gasteiger partial charge >= 0.3 is 0 Å². The molecule has 2 rings (SSSR count). The predicted molar refractivity (Wildman–Crippen MR) is 84.3 cm³/mol. The van der Waals surface area contributed by atoms with Crippen molar-refractivity contribution >= 4 is 5.91 Å². The fourth-order valence-electron chi connectivity index (χ4n) is 2.81. The Morgan fingerprint density at radius 3 is 2.67 bits per heavy atom. The molecule has 1 amide bonds. The SMILES string of the molecule is COc1ccccc1CC(C)N(C)C(=O)CC1(N)CCC1. The van der Waals surface area contributed by atoms with E-state index in [4.69, 9.17) is 10.5 Å². The maximum absolute atomic E-state index is 12.4. The Labute approximate surface area is 127 Å². The average Bonchev–Trinajstić information content (AvgIpc) is 2.45. The number of hydrogen-bond acceptors (Lipinski definition) is 3. The smallest absolute Gasteiger partial charge is 0.224 e. The van der Waals surface area contributed by atoms with Crippen LogP contribution < -0.4 is 10.5 Å². The molecule has 1 aromatic carbocycles. The first-order valence-electron chi connectivity index (χ1n) is 7.61. The van der Waals surface area contributed by atoms with Gasteiger partial charge in [0, 0.05) is 25.0 Å². The molecule has 1 aliphatic carbocycles. The molecular formula is C17H26N2O2. The number of likely N-dealkylation sites (N-methyl/N-ethyl adjacent to an activating group) is 1. The van der Waals surface area contributed by atoms with Crippen molar-refractivity contribution in [1.29, 1.82) is 0 Å². The van der Waals surface area contributed by atoms with Crippen molar-refractivity contribution in [2.24, 2.45) is 5.73 Å². The largest absolute Gasteiger partial charge is 0.496 e. The van der Waals surface area contributed by atoms with Crippen LogP contribution in [0.2, 0.25) is 0 Å². The number of para-hydroxylation sites is 1. The number of carbonyl (C=O) groups is 1. The monoisotopic (exact) mass is 290 g/mol. The van der Waals surface area contributed by atoms with Crippen LogP contribution in [0, 0.1) is 0 Å². The highest BCUT2D eigenvalue weighted by Gasteiger charge is 2.36. The number of nitrogens with zero attached hydrogens (tertiary/aromatic N) is 1. The van der Waals surface area contributed by atoms with E-state index < -0.39 is 0 Å². The summed E-state index contributed by atoms with van der Waals surface area (Å²) >= 11 is 0. The van der Waals surface area contributed by atoms with Crippen LogP contribution in [0.5, 0.6) is 5.75 Å². The van der Waals surface area contributed by atoms with E-state index in [1.165, 1.54) is 0 Å². The fourth-order valence-corrected chi connectivity index (χ4v) is 2.81. The second-order valence-electron chi connectivity index (χ2n) is 6.26. The standard InChI is InChI=1S/C17H26N2O2/c1-13(11-14-7-4-5-8-15(14)21-3)19(2)16(20)12-17(18)9-6-10-17/h4-5,7-8,13H,6,9-12,18H2,1-3H3. The number of hydrogen-bond donors (Lipinski definition) is 1. The van der Waals surface area contributed by atoms with Gasteiger partial charge in [-0.1, -0.05) is 18.2 Å². The third-order valence-electron chi connectivity index (χ3n) is 4.62. The molecule has 0 radical (unpaired) electrons. The molecule has 1 unspecified atom stereocenters. The Bertz CT molecular complexity index is 497. The first-order chi connectivity index (χ1) is 9.95. The molecule has 116 valence electrons. The number of methoxy groups -OCH3 is 1. The zero-order chi connectivity index (χ0) is 15.5. The second kappa shape index (κ2) is 6.48. The van der Waals surface area contributed by atoms with Crippen molar-refractivity contribution in [3.8, 4) is 5.75 Å². The maximum Gasteiger partial charge on any atom is 0.224 e. The third kappa shape index (κ3) is 3.76. The number of benzene rings is 1. The van der Waals surface area contributed by atoms with E-state index in [-0.39, 0.29) is 17.5 Å². The Hall–Kier alpha value is -1.55. The van der Waals surface area contributed by atoms with E-state index in [1.807, 2.05) is 36.2 Å². The summed E-state index contributed by atoms with van der Waals surface area (Å²) in [6.07, 6.45) is 4.31. The van der Waals surface area contributed by atoms with Crippen LogP contribution >= 0.6 is 0 Å². The van der Waals surface area contributed by atoms with E-state index >= 15 is 0 Å². The normalized spacial score (nSPS) is 17.7. The van der Waals surface area contributed by atoms with Gasteiger partial charge in [0.15, 0.2) is 0 Å². The molecule has 4 nitrogen and oxygen atoms in total. The lowest BCUT2D eigenvalue weighted by atomic mass is 9.75. The molecule has 0 aromatic heterocycles. The summed E-state index contributed by atoms with van der Waals surface area (Å²) in [5.41, 5.74) is 7.04. The second-order valence-corrected chi connectivity index (χ2v) is 6.26. The Kier molecular flexibility index (Phi) is 4.88. The van der Waals surface area contributed by atoms with Gasteiger partial charge in [0.05, 0.1) is 7.11 Å². The van der Waals surface area contributed by atoms with Gasteiger partial charge in [0.25, 0.3) is 0 Å². The molecule has 0 spiro atoms. The highest BCUT2D eigenvalue weighted by molar-refractivity contribution is 5.77. The molecule has 1 saturated carbocycles. The van der Waals surface area contributed by atoms with Crippen LogP contribution in [0.15, 0.2) is 24.3 Å². The van der Waals surface area contributed by atoms with Crippen LogP contribution in [-0.2, 0) is 11.2 Å². The fraction of sp³-hybridized carbons (Fsp3) is 0.588. The maximum atomic E-state index is 12.4. The first kappa shape index (κ1) is 15.8.